The van der Waals surface area contributed by atoms with Crippen LogP contribution in [-0.4, -0.2) is 18.6 Å². The SMILES string of the molecule is CSCCCCNc1ccc(F)c(C)c1. The van der Waals surface area contributed by atoms with Gasteiger partial charge in [0.15, 0.2) is 0 Å². The lowest BCUT2D eigenvalue weighted by Gasteiger charge is -2.07. The zero-order valence-corrected chi connectivity index (χ0v) is 10.2. The predicted octanol–water partition coefficient (Wildman–Crippen LogP) is 3.69. The molecular weight excluding hydrogens is 209 g/mol. The summed E-state index contributed by atoms with van der Waals surface area (Å²) >= 11 is 1.87. The van der Waals surface area contributed by atoms with Crippen molar-refractivity contribution in [1.29, 1.82) is 0 Å². The highest BCUT2D eigenvalue weighted by Crippen LogP contribution is 2.13. The largest absolute Gasteiger partial charge is 0.385 e. The first kappa shape index (κ1) is 12.4. The van der Waals surface area contributed by atoms with E-state index in [9.17, 15) is 4.39 Å². The molecule has 0 aromatic heterocycles. The predicted molar refractivity (Wildman–Crippen MR) is 67.2 cm³/mol. The van der Waals surface area contributed by atoms with Gasteiger partial charge in [0.05, 0.1) is 0 Å². The van der Waals surface area contributed by atoms with Crippen molar-refractivity contribution in [3.05, 3.63) is 29.6 Å². The molecule has 0 saturated heterocycles. The van der Waals surface area contributed by atoms with Crippen LogP contribution in [0.4, 0.5) is 10.1 Å². The molecular formula is C12H18FNS. The third-order valence-electron chi connectivity index (χ3n) is 2.26. The minimum absolute atomic E-state index is 0.136. The molecule has 1 aromatic carbocycles. The van der Waals surface area contributed by atoms with Crippen LogP contribution < -0.4 is 5.32 Å². The van der Waals surface area contributed by atoms with Gasteiger partial charge in [-0.1, -0.05) is 0 Å². The number of halogens is 1. The molecule has 0 saturated carbocycles. The molecule has 15 heavy (non-hydrogen) atoms. The molecule has 0 unspecified atom stereocenters. The standard InChI is InChI=1S/C12H18FNS/c1-10-9-11(5-6-12(10)13)14-7-3-4-8-15-2/h5-6,9,14H,3-4,7-8H2,1-2H3. The molecule has 1 aromatic rings. The van der Waals surface area contributed by atoms with Crippen molar-refractivity contribution < 1.29 is 4.39 Å². The number of thioether (sulfide) groups is 1. The molecule has 0 amide bonds. The van der Waals surface area contributed by atoms with Crippen LogP contribution in [0.15, 0.2) is 18.2 Å². The van der Waals surface area contributed by atoms with Gasteiger partial charge in [-0.2, -0.15) is 11.8 Å². The third kappa shape index (κ3) is 4.56. The fourth-order valence-electron chi connectivity index (χ4n) is 1.36. The maximum atomic E-state index is 13.0. The van der Waals surface area contributed by atoms with Gasteiger partial charge in [-0.05, 0) is 55.5 Å². The Balaban J connectivity index is 2.28. The normalized spacial score (nSPS) is 10.3. The van der Waals surface area contributed by atoms with E-state index in [1.54, 1.807) is 13.0 Å². The second-order valence-corrected chi connectivity index (χ2v) is 4.58. The topological polar surface area (TPSA) is 12.0 Å². The molecule has 1 N–H and O–H groups in total. The van der Waals surface area contributed by atoms with Gasteiger partial charge in [-0.25, -0.2) is 4.39 Å². The van der Waals surface area contributed by atoms with E-state index in [0.717, 1.165) is 18.7 Å². The Bertz CT molecular complexity index is 302. The third-order valence-corrected chi connectivity index (χ3v) is 2.96. The average molecular weight is 227 g/mol. The van der Waals surface area contributed by atoms with E-state index in [4.69, 9.17) is 0 Å². The highest BCUT2D eigenvalue weighted by molar-refractivity contribution is 7.98. The highest BCUT2D eigenvalue weighted by atomic mass is 32.2. The first-order chi connectivity index (χ1) is 7.24. The lowest BCUT2D eigenvalue weighted by molar-refractivity contribution is 0.618. The zero-order chi connectivity index (χ0) is 11.1. The summed E-state index contributed by atoms with van der Waals surface area (Å²) in [4.78, 5) is 0. The summed E-state index contributed by atoms with van der Waals surface area (Å²) in [5.74, 6) is 1.08. The van der Waals surface area contributed by atoms with Crippen LogP contribution in [0.25, 0.3) is 0 Å². The van der Waals surface area contributed by atoms with Crippen molar-refractivity contribution in [3.8, 4) is 0 Å². The van der Waals surface area contributed by atoms with Crippen molar-refractivity contribution in [3.63, 3.8) is 0 Å². The summed E-state index contributed by atoms with van der Waals surface area (Å²) in [5, 5.41) is 3.30. The number of aryl methyl sites for hydroxylation is 1. The summed E-state index contributed by atoms with van der Waals surface area (Å²) in [6.07, 6.45) is 4.52. The molecule has 0 fully saturated rings. The quantitative estimate of drug-likeness (QED) is 0.744. The minimum atomic E-state index is -0.136. The van der Waals surface area contributed by atoms with Gasteiger partial charge in [-0.3, -0.25) is 0 Å². The molecule has 1 nitrogen and oxygen atoms in total. The van der Waals surface area contributed by atoms with E-state index in [-0.39, 0.29) is 5.82 Å². The second-order valence-electron chi connectivity index (χ2n) is 3.59. The van der Waals surface area contributed by atoms with Gasteiger partial charge < -0.3 is 5.32 Å². The molecule has 0 aliphatic rings. The molecule has 0 atom stereocenters. The maximum Gasteiger partial charge on any atom is 0.126 e. The van der Waals surface area contributed by atoms with Crippen LogP contribution in [0.2, 0.25) is 0 Å². The maximum absolute atomic E-state index is 13.0. The second kappa shape index (κ2) is 6.72. The smallest absolute Gasteiger partial charge is 0.126 e. The first-order valence-electron chi connectivity index (χ1n) is 5.23. The van der Waals surface area contributed by atoms with Gasteiger partial charge in [0, 0.05) is 12.2 Å². The molecule has 84 valence electrons. The lowest BCUT2D eigenvalue weighted by Crippen LogP contribution is -2.02. The van der Waals surface area contributed by atoms with E-state index < -0.39 is 0 Å². The van der Waals surface area contributed by atoms with Crippen LogP contribution in [-0.2, 0) is 0 Å². The Labute approximate surface area is 95.5 Å². The number of unbranched alkanes of at least 4 members (excludes halogenated alkanes) is 1. The van der Waals surface area contributed by atoms with Crippen LogP contribution >= 0.6 is 11.8 Å². The van der Waals surface area contributed by atoms with Crippen LogP contribution in [0, 0.1) is 12.7 Å². The first-order valence-corrected chi connectivity index (χ1v) is 6.62. The average Bonchev–Trinajstić information content (AvgIpc) is 2.23. The summed E-state index contributed by atoms with van der Waals surface area (Å²) in [6.45, 7) is 2.75. The molecule has 0 aliphatic carbocycles. The number of hydrogen-bond donors (Lipinski definition) is 1. The van der Waals surface area contributed by atoms with Crippen molar-refractivity contribution in [2.24, 2.45) is 0 Å². The van der Waals surface area contributed by atoms with Gasteiger partial charge in [0.25, 0.3) is 0 Å². The number of anilines is 1. The number of benzene rings is 1. The summed E-state index contributed by atoms with van der Waals surface area (Å²) in [6, 6.07) is 5.15. The van der Waals surface area contributed by atoms with Crippen molar-refractivity contribution >= 4 is 17.4 Å². The Kier molecular flexibility index (Phi) is 5.54. The number of hydrogen-bond acceptors (Lipinski definition) is 2. The fraction of sp³-hybridized carbons (Fsp3) is 0.500. The molecule has 0 aliphatic heterocycles. The van der Waals surface area contributed by atoms with E-state index >= 15 is 0 Å². The molecule has 0 bridgehead atoms. The number of rotatable bonds is 6. The van der Waals surface area contributed by atoms with E-state index in [0.29, 0.717) is 5.56 Å². The Morgan fingerprint density at radius 3 is 2.80 bits per heavy atom. The lowest BCUT2D eigenvalue weighted by atomic mass is 10.2. The Morgan fingerprint density at radius 2 is 2.13 bits per heavy atom. The molecule has 1 rings (SSSR count). The zero-order valence-electron chi connectivity index (χ0n) is 9.35. The molecule has 0 radical (unpaired) electrons. The minimum Gasteiger partial charge on any atom is -0.385 e. The van der Waals surface area contributed by atoms with Gasteiger partial charge in [-0.15, -0.1) is 0 Å². The van der Waals surface area contributed by atoms with E-state index in [1.807, 2.05) is 17.8 Å². The van der Waals surface area contributed by atoms with Crippen LogP contribution in [0.1, 0.15) is 18.4 Å². The van der Waals surface area contributed by atoms with Crippen molar-refractivity contribution in [1.82, 2.24) is 0 Å². The Hall–Kier alpha value is -0.700. The molecule has 0 spiro atoms. The molecule has 3 heteroatoms. The summed E-state index contributed by atoms with van der Waals surface area (Å²) in [5.41, 5.74) is 1.71. The summed E-state index contributed by atoms with van der Waals surface area (Å²) in [7, 11) is 0. The van der Waals surface area contributed by atoms with Gasteiger partial charge >= 0.3 is 0 Å². The highest BCUT2D eigenvalue weighted by Gasteiger charge is 1.97. The van der Waals surface area contributed by atoms with Crippen LogP contribution in [0.3, 0.4) is 0 Å². The van der Waals surface area contributed by atoms with Crippen molar-refractivity contribution in [2.45, 2.75) is 19.8 Å². The Morgan fingerprint density at radius 1 is 1.33 bits per heavy atom. The fourth-order valence-corrected chi connectivity index (χ4v) is 1.85. The van der Waals surface area contributed by atoms with Gasteiger partial charge in [0.2, 0.25) is 0 Å². The van der Waals surface area contributed by atoms with Crippen LogP contribution in [0.5, 0.6) is 0 Å². The monoisotopic (exact) mass is 227 g/mol. The van der Waals surface area contributed by atoms with E-state index in [2.05, 4.69) is 11.6 Å². The summed E-state index contributed by atoms with van der Waals surface area (Å²) < 4.78 is 13.0. The van der Waals surface area contributed by atoms with Gasteiger partial charge in [0.1, 0.15) is 5.82 Å². The van der Waals surface area contributed by atoms with E-state index in [1.165, 1.54) is 18.2 Å². The van der Waals surface area contributed by atoms with Crippen molar-refractivity contribution in [2.75, 3.05) is 23.9 Å². The molecule has 0 heterocycles. The number of nitrogens with one attached hydrogen (secondary N) is 1.